The van der Waals surface area contributed by atoms with Gasteiger partial charge in [0.1, 0.15) is 11.4 Å². The summed E-state index contributed by atoms with van der Waals surface area (Å²) in [5, 5.41) is 10.9. The maximum absolute atomic E-state index is 12.9. The van der Waals surface area contributed by atoms with Gasteiger partial charge in [0.2, 0.25) is 0 Å². The van der Waals surface area contributed by atoms with Crippen molar-refractivity contribution in [2.75, 3.05) is 31.2 Å². The number of benzene rings is 2. The molecule has 2 aromatic carbocycles. The van der Waals surface area contributed by atoms with Crippen molar-refractivity contribution in [2.45, 2.75) is 70.8 Å². The number of carbonyl (C=O) groups is 1. The molecule has 1 N–H and O–H groups in total. The van der Waals surface area contributed by atoms with Gasteiger partial charge in [-0.15, -0.1) is 0 Å². The highest BCUT2D eigenvalue weighted by molar-refractivity contribution is 6.30. The molecule has 1 unspecified atom stereocenters. The van der Waals surface area contributed by atoms with Crippen LogP contribution in [0.15, 0.2) is 36.4 Å². The number of ether oxygens (including phenoxy) is 2. The summed E-state index contributed by atoms with van der Waals surface area (Å²) in [5.74, 6) is 0.847. The van der Waals surface area contributed by atoms with Crippen molar-refractivity contribution in [1.29, 1.82) is 0 Å². The average molecular weight is 512 g/mol. The van der Waals surface area contributed by atoms with E-state index in [4.69, 9.17) is 21.1 Å². The van der Waals surface area contributed by atoms with Gasteiger partial charge in [0.25, 0.3) is 0 Å². The molecule has 2 aromatic rings. The standard InChI is InChI=1S/C30H38ClNO4/c1-28(2,3)36-27(34)21-7-10-26-25(15-21)32(16-22-11-13-29(22,4)18-33)17-30(19-35-26)12-5-6-20-14-23(31)8-9-24(20)30/h7-10,14-15,22,33H,5-6,11-13,16-19H2,1-4H3/t22-,29-,30?/m0/s1. The van der Waals surface area contributed by atoms with Crippen LogP contribution in [0, 0.1) is 11.3 Å². The second kappa shape index (κ2) is 9.25. The van der Waals surface area contributed by atoms with Gasteiger partial charge in [-0.25, -0.2) is 4.79 Å². The molecule has 1 aliphatic heterocycles. The third-order valence-electron chi connectivity index (χ3n) is 8.52. The highest BCUT2D eigenvalue weighted by Gasteiger charge is 2.46. The van der Waals surface area contributed by atoms with Crippen LogP contribution < -0.4 is 9.64 Å². The first-order valence-electron chi connectivity index (χ1n) is 13.2. The molecule has 1 spiro atoms. The first-order valence-corrected chi connectivity index (χ1v) is 13.5. The van der Waals surface area contributed by atoms with Crippen LogP contribution in [-0.4, -0.2) is 43.0 Å². The lowest BCUT2D eigenvalue weighted by atomic mass is 9.61. The van der Waals surface area contributed by atoms with Crippen molar-refractivity contribution in [1.82, 2.24) is 0 Å². The molecule has 3 atom stereocenters. The minimum atomic E-state index is -0.563. The Bertz CT molecular complexity index is 1150. The fourth-order valence-electron chi connectivity index (χ4n) is 6.21. The van der Waals surface area contributed by atoms with Gasteiger partial charge in [-0.1, -0.05) is 24.6 Å². The SMILES string of the molecule is CC(C)(C)OC(=O)c1ccc2c(c1)N(C[C@@H]1CC[C@@]1(C)CO)CC1(CCCc3cc(Cl)ccc31)CO2. The number of esters is 1. The summed E-state index contributed by atoms with van der Waals surface area (Å²) in [5.41, 5.74) is 3.30. The van der Waals surface area contributed by atoms with Gasteiger partial charge in [-0.05, 0) is 106 Å². The number of carbonyl (C=O) groups excluding carboxylic acids is 1. The van der Waals surface area contributed by atoms with E-state index in [2.05, 4.69) is 24.0 Å². The molecule has 6 heteroatoms. The number of aryl methyl sites for hydroxylation is 1. The second-order valence-corrected chi connectivity index (χ2v) is 12.8. The number of nitrogens with zero attached hydrogens (tertiary/aromatic N) is 1. The first-order chi connectivity index (χ1) is 17.0. The van der Waals surface area contributed by atoms with E-state index >= 15 is 0 Å². The van der Waals surface area contributed by atoms with Crippen LogP contribution in [0.1, 0.15) is 74.9 Å². The number of rotatable bonds is 4. The Morgan fingerprint density at radius 3 is 2.72 bits per heavy atom. The van der Waals surface area contributed by atoms with E-state index in [1.807, 2.05) is 39.0 Å². The Kier molecular flexibility index (Phi) is 6.53. The van der Waals surface area contributed by atoms with Gasteiger partial charge in [-0.2, -0.15) is 0 Å². The first kappa shape index (κ1) is 25.4. The lowest BCUT2D eigenvalue weighted by Crippen LogP contribution is -2.51. The van der Waals surface area contributed by atoms with Gasteiger partial charge in [-0.3, -0.25) is 0 Å². The quantitative estimate of drug-likeness (QED) is 0.497. The number of halogens is 1. The monoisotopic (exact) mass is 511 g/mol. The van der Waals surface area contributed by atoms with E-state index in [9.17, 15) is 9.90 Å². The summed E-state index contributed by atoms with van der Waals surface area (Å²) in [7, 11) is 0. The topological polar surface area (TPSA) is 59.0 Å². The van der Waals surface area contributed by atoms with Crippen molar-refractivity contribution in [3.8, 4) is 5.75 Å². The summed E-state index contributed by atoms with van der Waals surface area (Å²) < 4.78 is 12.2. The fourth-order valence-corrected chi connectivity index (χ4v) is 6.40. The van der Waals surface area contributed by atoms with Gasteiger partial charge in [0, 0.05) is 30.1 Å². The van der Waals surface area contributed by atoms with Crippen LogP contribution in [0.2, 0.25) is 5.02 Å². The number of fused-ring (bicyclic) bond motifs is 3. The molecule has 0 radical (unpaired) electrons. The van der Waals surface area contributed by atoms with E-state index in [-0.39, 0.29) is 23.4 Å². The van der Waals surface area contributed by atoms with Crippen LogP contribution >= 0.6 is 11.6 Å². The minimum Gasteiger partial charge on any atom is -0.490 e. The number of aliphatic hydroxyl groups excluding tert-OH is 1. The van der Waals surface area contributed by atoms with Gasteiger partial charge < -0.3 is 19.5 Å². The molecule has 194 valence electrons. The number of hydrogen-bond acceptors (Lipinski definition) is 5. The maximum atomic E-state index is 12.9. The summed E-state index contributed by atoms with van der Waals surface area (Å²) in [6.07, 6.45) is 5.28. The van der Waals surface area contributed by atoms with E-state index in [0.29, 0.717) is 18.1 Å². The third kappa shape index (κ3) is 4.72. The van der Waals surface area contributed by atoms with Crippen LogP contribution in [0.5, 0.6) is 5.75 Å². The molecular formula is C30H38ClNO4. The average Bonchev–Trinajstić information content (AvgIpc) is 2.97. The Morgan fingerprint density at radius 1 is 1.22 bits per heavy atom. The summed E-state index contributed by atoms with van der Waals surface area (Å²) in [6, 6.07) is 11.9. The highest BCUT2D eigenvalue weighted by atomic mass is 35.5. The van der Waals surface area contributed by atoms with E-state index in [1.54, 1.807) is 6.07 Å². The molecule has 0 aromatic heterocycles. The summed E-state index contributed by atoms with van der Waals surface area (Å²) in [4.78, 5) is 15.4. The van der Waals surface area contributed by atoms with Crippen molar-refractivity contribution < 1.29 is 19.4 Å². The maximum Gasteiger partial charge on any atom is 0.338 e. The molecule has 0 bridgehead atoms. The number of hydrogen-bond donors (Lipinski definition) is 1. The summed E-state index contributed by atoms with van der Waals surface area (Å²) in [6.45, 7) is 10.2. The molecule has 1 heterocycles. The van der Waals surface area contributed by atoms with Crippen LogP contribution in [0.3, 0.4) is 0 Å². The molecule has 5 nitrogen and oxygen atoms in total. The van der Waals surface area contributed by atoms with Crippen LogP contribution in [-0.2, 0) is 16.6 Å². The van der Waals surface area contributed by atoms with Crippen molar-refractivity contribution in [2.24, 2.45) is 11.3 Å². The lowest BCUT2D eigenvalue weighted by molar-refractivity contribution is -0.00581. The van der Waals surface area contributed by atoms with Crippen LogP contribution in [0.4, 0.5) is 5.69 Å². The highest BCUT2D eigenvalue weighted by Crippen LogP contribution is 2.49. The van der Waals surface area contributed by atoms with E-state index in [1.165, 1.54) is 11.1 Å². The van der Waals surface area contributed by atoms with Gasteiger partial charge in [0.15, 0.2) is 0 Å². The third-order valence-corrected chi connectivity index (χ3v) is 8.76. The molecule has 0 amide bonds. The van der Waals surface area contributed by atoms with E-state index < -0.39 is 5.60 Å². The van der Waals surface area contributed by atoms with Gasteiger partial charge >= 0.3 is 5.97 Å². The van der Waals surface area contributed by atoms with Crippen molar-refractivity contribution >= 4 is 23.3 Å². The Hall–Kier alpha value is -2.24. The Labute approximate surface area is 219 Å². The molecular weight excluding hydrogens is 474 g/mol. The van der Waals surface area contributed by atoms with Crippen molar-refractivity contribution in [3.05, 3.63) is 58.1 Å². The minimum absolute atomic E-state index is 0.0682. The van der Waals surface area contributed by atoms with Crippen LogP contribution in [0.25, 0.3) is 0 Å². The zero-order chi connectivity index (χ0) is 25.7. The van der Waals surface area contributed by atoms with Gasteiger partial charge in [0.05, 0.1) is 17.9 Å². The normalized spacial score (nSPS) is 27.4. The molecule has 1 fully saturated rings. The predicted molar refractivity (Wildman–Crippen MR) is 143 cm³/mol. The fraction of sp³-hybridized carbons (Fsp3) is 0.567. The Morgan fingerprint density at radius 2 is 2.03 bits per heavy atom. The van der Waals surface area contributed by atoms with Crippen molar-refractivity contribution in [3.63, 3.8) is 0 Å². The smallest absolute Gasteiger partial charge is 0.338 e. The summed E-state index contributed by atoms with van der Waals surface area (Å²) >= 11 is 6.36. The zero-order valence-corrected chi connectivity index (χ0v) is 22.7. The lowest BCUT2D eigenvalue weighted by Gasteiger charge is -2.49. The molecule has 5 rings (SSSR count). The molecule has 0 saturated heterocycles. The molecule has 2 aliphatic carbocycles. The molecule has 36 heavy (non-hydrogen) atoms. The zero-order valence-electron chi connectivity index (χ0n) is 21.9. The number of aliphatic hydroxyl groups is 1. The van der Waals surface area contributed by atoms with E-state index in [0.717, 1.165) is 61.7 Å². The molecule has 1 saturated carbocycles. The predicted octanol–water partition coefficient (Wildman–Crippen LogP) is 6.18. The second-order valence-electron chi connectivity index (χ2n) is 12.3. The Balaban J connectivity index is 1.54. The molecule has 3 aliphatic rings. The number of anilines is 1. The largest absolute Gasteiger partial charge is 0.490 e.